The molecule has 2 aromatic carbocycles. The van der Waals surface area contributed by atoms with E-state index in [1.165, 1.54) is 43.0 Å². The van der Waals surface area contributed by atoms with Crippen molar-refractivity contribution in [1.29, 1.82) is 0 Å². The lowest BCUT2D eigenvalue weighted by Gasteiger charge is -2.28. The predicted molar refractivity (Wildman–Crippen MR) is 106 cm³/mol. The summed E-state index contributed by atoms with van der Waals surface area (Å²) in [6, 6.07) is 10.3. The summed E-state index contributed by atoms with van der Waals surface area (Å²) in [7, 11) is 3.10. The highest BCUT2D eigenvalue weighted by Crippen LogP contribution is 2.43. The molecule has 2 amide bonds. The molecule has 1 saturated heterocycles. The zero-order chi connectivity index (χ0) is 20.3. The summed E-state index contributed by atoms with van der Waals surface area (Å²) in [5, 5.41) is 2.43. The molecule has 1 N–H and O–H groups in total. The van der Waals surface area contributed by atoms with Crippen molar-refractivity contribution in [3.05, 3.63) is 53.8 Å². The highest BCUT2D eigenvalue weighted by atomic mass is 32.2. The molecule has 2 atom stereocenters. The third-order valence-corrected chi connectivity index (χ3v) is 5.79. The summed E-state index contributed by atoms with van der Waals surface area (Å²) in [5.74, 6) is 0.707. The second-order valence-electron chi connectivity index (χ2n) is 6.24. The van der Waals surface area contributed by atoms with Gasteiger partial charge in [-0.15, -0.1) is 11.8 Å². The van der Waals surface area contributed by atoms with E-state index in [4.69, 9.17) is 9.47 Å². The number of ether oxygens (including phenoxy) is 2. The number of anilines is 1. The first-order valence-corrected chi connectivity index (χ1v) is 9.68. The molecule has 0 bridgehead atoms. The van der Waals surface area contributed by atoms with Crippen LogP contribution in [-0.4, -0.2) is 42.7 Å². The SMILES string of the molecule is COc1ccc(C2SCC(C(=O)Nc3ccc(F)cc3)N2C(C)=O)cc1OC. The fourth-order valence-electron chi connectivity index (χ4n) is 3.11. The van der Waals surface area contributed by atoms with Gasteiger partial charge in [-0.3, -0.25) is 9.59 Å². The van der Waals surface area contributed by atoms with E-state index in [0.29, 0.717) is 22.9 Å². The summed E-state index contributed by atoms with van der Waals surface area (Å²) >= 11 is 1.50. The van der Waals surface area contributed by atoms with E-state index >= 15 is 0 Å². The van der Waals surface area contributed by atoms with E-state index in [9.17, 15) is 14.0 Å². The normalized spacial score (nSPS) is 18.6. The highest BCUT2D eigenvalue weighted by Gasteiger charge is 2.41. The van der Waals surface area contributed by atoms with Gasteiger partial charge in [-0.25, -0.2) is 4.39 Å². The van der Waals surface area contributed by atoms with E-state index in [1.54, 1.807) is 25.2 Å². The molecular formula is C20H21FN2O4S. The van der Waals surface area contributed by atoms with Gasteiger partial charge in [0.05, 0.1) is 14.2 Å². The van der Waals surface area contributed by atoms with Crippen LogP contribution in [0.25, 0.3) is 0 Å². The Morgan fingerprint density at radius 2 is 1.79 bits per heavy atom. The van der Waals surface area contributed by atoms with Crippen molar-refractivity contribution in [3.8, 4) is 11.5 Å². The van der Waals surface area contributed by atoms with Gasteiger partial charge in [0.1, 0.15) is 17.2 Å². The van der Waals surface area contributed by atoms with E-state index in [1.807, 2.05) is 12.1 Å². The van der Waals surface area contributed by atoms with Crippen molar-refractivity contribution in [3.63, 3.8) is 0 Å². The molecular weight excluding hydrogens is 383 g/mol. The maximum absolute atomic E-state index is 13.1. The van der Waals surface area contributed by atoms with E-state index in [0.717, 1.165) is 5.56 Å². The maximum Gasteiger partial charge on any atom is 0.248 e. The molecule has 1 fully saturated rings. The molecule has 0 aliphatic carbocycles. The zero-order valence-electron chi connectivity index (χ0n) is 15.8. The number of methoxy groups -OCH3 is 2. The van der Waals surface area contributed by atoms with E-state index in [2.05, 4.69) is 5.32 Å². The Morgan fingerprint density at radius 1 is 1.11 bits per heavy atom. The molecule has 0 radical (unpaired) electrons. The first-order valence-electron chi connectivity index (χ1n) is 8.63. The van der Waals surface area contributed by atoms with Crippen molar-refractivity contribution in [2.24, 2.45) is 0 Å². The first-order chi connectivity index (χ1) is 13.4. The van der Waals surface area contributed by atoms with Crippen LogP contribution in [0.15, 0.2) is 42.5 Å². The number of carbonyl (C=O) groups excluding carboxylic acids is 2. The van der Waals surface area contributed by atoms with Gasteiger partial charge in [-0.1, -0.05) is 6.07 Å². The topological polar surface area (TPSA) is 67.9 Å². The second kappa shape index (κ2) is 8.52. The Balaban J connectivity index is 1.83. The van der Waals surface area contributed by atoms with E-state index in [-0.39, 0.29) is 23.0 Å². The van der Waals surface area contributed by atoms with Crippen LogP contribution in [-0.2, 0) is 9.59 Å². The number of halogens is 1. The number of carbonyl (C=O) groups is 2. The minimum atomic E-state index is -0.634. The number of hydrogen-bond donors (Lipinski definition) is 1. The van der Waals surface area contributed by atoms with Crippen LogP contribution < -0.4 is 14.8 Å². The second-order valence-corrected chi connectivity index (χ2v) is 7.35. The van der Waals surface area contributed by atoms with Gasteiger partial charge in [0.15, 0.2) is 11.5 Å². The third-order valence-electron chi connectivity index (χ3n) is 4.47. The first kappa shape index (κ1) is 20.0. The van der Waals surface area contributed by atoms with Gasteiger partial charge < -0.3 is 19.7 Å². The van der Waals surface area contributed by atoms with Gasteiger partial charge >= 0.3 is 0 Å². The monoisotopic (exact) mass is 404 g/mol. The minimum Gasteiger partial charge on any atom is -0.493 e. The fraction of sp³-hybridized carbons (Fsp3) is 0.300. The molecule has 0 saturated carbocycles. The fourth-order valence-corrected chi connectivity index (χ4v) is 4.59. The highest BCUT2D eigenvalue weighted by molar-refractivity contribution is 7.99. The smallest absolute Gasteiger partial charge is 0.248 e. The Hall–Kier alpha value is -2.74. The van der Waals surface area contributed by atoms with E-state index < -0.39 is 6.04 Å². The predicted octanol–water partition coefficient (Wildman–Crippen LogP) is 3.44. The molecule has 8 heteroatoms. The average molecular weight is 404 g/mol. The molecule has 148 valence electrons. The molecule has 2 unspecified atom stereocenters. The number of nitrogens with one attached hydrogen (secondary N) is 1. The summed E-state index contributed by atoms with van der Waals surface area (Å²) in [6.07, 6.45) is 0. The molecule has 1 heterocycles. The van der Waals surface area contributed by atoms with Gasteiger partial charge in [0, 0.05) is 18.4 Å². The lowest BCUT2D eigenvalue weighted by molar-refractivity contribution is -0.136. The van der Waals surface area contributed by atoms with Crippen LogP contribution in [0.5, 0.6) is 11.5 Å². The van der Waals surface area contributed by atoms with Gasteiger partial charge in [-0.2, -0.15) is 0 Å². The Morgan fingerprint density at radius 3 is 2.39 bits per heavy atom. The summed E-state index contributed by atoms with van der Waals surface area (Å²) in [4.78, 5) is 26.7. The number of benzene rings is 2. The van der Waals surface area contributed by atoms with Gasteiger partial charge in [0.25, 0.3) is 0 Å². The third kappa shape index (κ3) is 4.06. The molecule has 0 aromatic heterocycles. The van der Waals surface area contributed by atoms with Crippen LogP contribution in [0.3, 0.4) is 0 Å². The number of hydrogen-bond acceptors (Lipinski definition) is 5. The average Bonchev–Trinajstić information content (AvgIpc) is 3.14. The lowest BCUT2D eigenvalue weighted by Crippen LogP contribution is -2.44. The van der Waals surface area contributed by atoms with Gasteiger partial charge in [0.2, 0.25) is 11.8 Å². The van der Waals surface area contributed by atoms with Crippen LogP contribution in [0.1, 0.15) is 17.9 Å². The van der Waals surface area contributed by atoms with Gasteiger partial charge in [-0.05, 0) is 42.0 Å². The number of rotatable bonds is 5. The molecule has 3 rings (SSSR count). The van der Waals surface area contributed by atoms with Crippen LogP contribution in [0, 0.1) is 5.82 Å². The molecule has 6 nitrogen and oxygen atoms in total. The molecule has 1 aliphatic rings. The van der Waals surface area contributed by atoms with Crippen molar-refractivity contribution < 1.29 is 23.5 Å². The maximum atomic E-state index is 13.1. The van der Waals surface area contributed by atoms with Crippen molar-refractivity contribution in [1.82, 2.24) is 4.90 Å². The molecule has 0 spiro atoms. The quantitative estimate of drug-likeness (QED) is 0.827. The summed E-state index contributed by atoms with van der Waals surface area (Å²) in [6.45, 7) is 1.44. The Bertz CT molecular complexity index is 875. The standard InChI is InChI=1S/C20H21FN2O4S/c1-12(24)23-16(19(25)22-15-7-5-14(21)6-8-15)11-28-20(23)13-4-9-17(26-2)18(10-13)27-3/h4-10,16,20H,11H2,1-3H3,(H,22,25). The molecule has 2 aromatic rings. The Kier molecular flexibility index (Phi) is 6.08. The number of nitrogens with zero attached hydrogens (tertiary/aromatic N) is 1. The Labute approximate surface area is 167 Å². The van der Waals surface area contributed by atoms with Crippen LogP contribution >= 0.6 is 11.8 Å². The largest absolute Gasteiger partial charge is 0.493 e. The zero-order valence-corrected chi connectivity index (χ0v) is 16.6. The lowest BCUT2D eigenvalue weighted by atomic mass is 10.1. The van der Waals surface area contributed by atoms with Crippen LogP contribution in [0.4, 0.5) is 10.1 Å². The summed E-state index contributed by atoms with van der Waals surface area (Å²) in [5.41, 5.74) is 1.32. The van der Waals surface area contributed by atoms with Crippen molar-refractivity contribution >= 4 is 29.3 Å². The number of thioether (sulfide) groups is 1. The minimum absolute atomic E-state index is 0.205. The summed E-state index contributed by atoms with van der Waals surface area (Å²) < 4.78 is 23.7. The van der Waals surface area contributed by atoms with Crippen molar-refractivity contribution in [2.75, 3.05) is 25.3 Å². The molecule has 28 heavy (non-hydrogen) atoms. The number of amides is 2. The van der Waals surface area contributed by atoms with Crippen molar-refractivity contribution in [2.45, 2.75) is 18.3 Å². The van der Waals surface area contributed by atoms with Crippen LogP contribution in [0.2, 0.25) is 0 Å². The molecule has 1 aliphatic heterocycles.